The largest absolute Gasteiger partial charge is 0.344 e. The number of aryl methyl sites for hydroxylation is 1. The molecule has 1 heterocycles. The molecule has 0 radical (unpaired) electrons. The Morgan fingerprint density at radius 1 is 1.20 bits per heavy atom. The molecule has 3 aromatic rings. The number of carbonyl (C=O) groups excluding carboxylic acids is 1. The molecule has 0 saturated heterocycles. The quantitative estimate of drug-likeness (QED) is 0.510. The lowest BCUT2D eigenvalue weighted by atomic mass is 10.1. The summed E-state index contributed by atoms with van der Waals surface area (Å²) < 4.78 is 18.3. The zero-order valence-electron chi connectivity index (χ0n) is 17.6. The second-order valence-corrected chi connectivity index (χ2v) is 8.11. The van der Waals surface area contributed by atoms with E-state index < -0.39 is 5.82 Å². The molecule has 3 rings (SSSR count). The summed E-state index contributed by atoms with van der Waals surface area (Å²) in [6.07, 6.45) is 1.84. The second-order valence-electron chi connectivity index (χ2n) is 7.38. The van der Waals surface area contributed by atoms with Crippen LogP contribution in [0.2, 0.25) is 0 Å². The molecule has 1 aromatic heterocycles. The fourth-order valence-corrected chi connectivity index (χ4v) is 3.86. The van der Waals surface area contributed by atoms with E-state index in [2.05, 4.69) is 59.6 Å². The molecule has 0 spiro atoms. The Labute approximate surface area is 181 Å². The van der Waals surface area contributed by atoms with Crippen LogP contribution in [0.25, 0.3) is 0 Å². The summed E-state index contributed by atoms with van der Waals surface area (Å²) in [4.78, 5) is 19.2. The summed E-state index contributed by atoms with van der Waals surface area (Å²) in [6, 6.07) is 14.8. The van der Waals surface area contributed by atoms with Crippen molar-refractivity contribution in [3.8, 4) is 0 Å². The molecule has 0 saturated carbocycles. The Morgan fingerprint density at radius 3 is 2.63 bits per heavy atom. The SMILES string of the molecule is CC[C@H](C)N(CCC(=O)Nc1ccccc1F)c1nc(Cc2ccc(C)cc2)ns1. The van der Waals surface area contributed by atoms with Gasteiger partial charge in [-0.05, 0) is 38.0 Å². The topological polar surface area (TPSA) is 58.1 Å². The van der Waals surface area contributed by atoms with Gasteiger partial charge in [0.2, 0.25) is 11.0 Å². The van der Waals surface area contributed by atoms with Crippen molar-refractivity contribution in [3.05, 3.63) is 71.3 Å². The van der Waals surface area contributed by atoms with Crippen LogP contribution in [0.1, 0.15) is 43.6 Å². The maximum atomic E-state index is 13.8. The van der Waals surface area contributed by atoms with Crippen LogP contribution < -0.4 is 10.2 Å². The summed E-state index contributed by atoms with van der Waals surface area (Å²) in [5.41, 5.74) is 2.60. The number of hydrogen-bond acceptors (Lipinski definition) is 5. The number of para-hydroxylation sites is 1. The van der Waals surface area contributed by atoms with Gasteiger partial charge in [0.15, 0.2) is 0 Å². The first-order valence-electron chi connectivity index (χ1n) is 10.2. The third-order valence-corrected chi connectivity index (χ3v) is 5.83. The maximum absolute atomic E-state index is 13.8. The summed E-state index contributed by atoms with van der Waals surface area (Å²) in [6.45, 7) is 6.77. The van der Waals surface area contributed by atoms with Gasteiger partial charge in [0.25, 0.3) is 0 Å². The van der Waals surface area contributed by atoms with Crippen LogP contribution in [0.5, 0.6) is 0 Å². The van der Waals surface area contributed by atoms with Crippen molar-refractivity contribution < 1.29 is 9.18 Å². The van der Waals surface area contributed by atoms with E-state index >= 15 is 0 Å². The third-order valence-electron chi connectivity index (χ3n) is 5.04. The molecular weight excluding hydrogens is 399 g/mol. The maximum Gasteiger partial charge on any atom is 0.226 e. The molecule has 0 aliphatic heterocycles. The first-order valence-corrected chi connectivity index (χ1v) is 10.9. The van der Waals surface area contributed by atoms with Crippen molar-refractivity contribution in [2.45, 2.75) is 46.1 Å². The van der Waals surface area contributed by atoms with E-state index in [0.717, 1.165) is 17.4 Å². The number of anilines is 2. The monoisotopic (exact) mass is 426 g/mol. The minimum atomic E-state index is -0.436. The Morgan fingerprint density at radius 2 is 1.93 bits per heavy atom. The molecule has 1 N–H and O–H groups in total. The molecule has 0 bridgehead atoms. The van der Waals surface area contributed by atoms with Crippen molar-refractivity contribution in [2.24, 2.45) is 0 Å². The molecule has 7 heteroatoms. The van der Waals surface area contributed by atoms with Gasteiger partial charge < -0.3 is 10.2 Å². The molecule has 1 amide bonds. The van der Waals surface area contributed by atoms with E-state index in [4.69, 9.17) is 4.98 Å². The number of hydrogen-bond donors (Lipinski definition) is 1. The van der Waals surface area contributed by atoms with Crippen molar-refractivity contribution in [1.29, 1.82) is 0 Å². The molecular formula is C23H27FN4OS. The lowest BCUT2D eigenvalue weighted by Gasteiger charge is -2.27. The molecule has 30 heavy (non-hydrogen) atoms. The van der Waals surface area contributed by atoms with Gasteiger partial charge in [-0.1, -0.05) is 48.9 Å². The van der Waals surface area contributed by atoms with Crippen LogP contribution >= 0.6 is 11.5 Å². The van der Waals surface area contributed by atoms with Crippen molar-refractivity contribution >= 4 is 28.3 Å². The van der Waals surface area contributed by atoms with Gasteiger partial charge >= 0.3 is 0 Å². The number of rotatable bonds is 9. The van der Waals surface area contributed by atoms with Crippen LogP contribution in [-0.2, 0) is 11.2 Å². The normalized spacial score (nSPS) is 11.9. The minimum Gasteiger partial charge on any atom is -0.344 e. The van der Waals surface area contributed by atoms with Crippen molar-refractivity contribution in [3.63, 3.8) is 0 Å². The highest BCUT2D eigenvalue weighted by Crippen LogP contribution is 2.23. The molecule has 158 valence electrons. The van der Waals surface area contributed by atoms with E-state index in [1.165, 1.54) is 28.7 Å². The van der Waals surface area contributed by atoms with E-state index in [1.807, 2.05) is 0 Å². The van der Waals surface area contributed by atoms with Gasteiger partial charge in [-0.2, -0.15) is 4.37 Å². The summed E-state index contributed by atoms with van der Waals surface area (Å²) in [5, 5.41) is 3.45. The summed E-state index contributed by atoms with van der Waals surface area (Å²) in [5.74, 6) is 0.121. The standard InChI is InChI=1S/C23H27FN4OS/c1-4-17(3)28(14-13-22(29)25-20-8-6-5-7-19(20)24)23-26-21(27-30-23)15-18-11-9-16(2)10-12-18/h5-12,17H,4,13-15H2,1-3H3,(H,25,29)/t17-/m0/s1. The number of nitrogens with one attached hydrogen (secondary N) is 1. The predicted molar refractivity (Wildman–Crippen MR) is 121 cm³/mol. The zero-order valence-corrected chi connectivity index (χ0v) is 18.4. The van der Waals surface area contributed by atoms with E-state index in [-0.39, 0.29) is 24.1 Å². The lowest BCUT2D eigenvalue weighted by Crippen LogP contribution is -2.35. The Bertz CT molecular complexity index is 973. The molecule has 0 aliphatic carbocycles. The number of nitrogens with zero attached hydrogens (tertiary/aromatic N) is 3. The first-order chi connectivity index (χ1) is 14.5. The molecule has 1 atom stereocenters. The van der Waals surface area contributed by atoms with Crippen molar-refractivity contribution in [2.75, 3.05) is 16.8 Å². The zero-order chi connectivity index (χ0) is 21.5. The summed E-state index contributed by atoms with van der Waals surface area (Å²) in [7, 11) is 0. The van der Waals surface area contributed by atoms with Gasteiger partial charge in [-0.15, -0.1) is 0 Å². The van der Waals surface area contributed by atoms with Crippen LogP contribution in [0, 0.1) is 12.7 Å². The Kier molecular flexibility index (Phi) is 7.52. The molecule has 0 aliphatic rings. The number of aromatic nitrogens is 2. The van der Waals surface area contributed by atoms with Crippen LogP contribution in [0.15, 0.2) is 48.5 Å². The van der Waals surface area contributed by atoms with Gasteiger partial charge in [0, 0.05) is 37.0 Å². The van der Waals surface area contributed by atoms with E-state index in [0.29, 0.717) is 13.0 Å². The minimum absolute atomic E-state index is 0.203. The van der Waals surface area contributed by atoms with Crippen molar-refractivity contribution in [1.82, 2.24) is 9.36 Å². The Balaban J connectivity index is 1.64. The number of amides is 1. The smallest absolute Gasteiger partial charge is 0.226 e. The number of benzene rings is 2. The van der Waals surface area contributed by atoms with Gasteiger partial charge in [-0.25, -0.2) is 9.37 Å². The average Bonchev–Trinajstić information content (AvgIpc) is 3.19. The molecule has 0 fully saturated rings. The highest BCUT2D eigenvalue weighted by Gasteiger charge is 2.19. The van der Waals surface area contributed by atoms with Gasteiger partial charge in [0.1, 0.15) is 11.6 Å². The number of carbonyl (C=O) groups is 1. The van der Waals surface area contributed by atoms with Crippen LogP contribution in [0.3, 0.4) is 0 Å². The van der Waals surface area contributed by atoms with Gasteiger partial charge in [0.05, 0.1) is 5.69 Å². The highest BCUT2D eigenvalue weighted by molar-refractivity contribution is 7.09. The van der Waals surface area contributed by atoms with E-state index in [9.17, 15) is 9.18 Å². The second kappa shape index (κ2) is 10.3. The van der Waals surface area contributed by atoms with Crippen LogP contribution in [0.4, 0.5) is 15.2 Å². The lowest BCUT2D eigenvalue weighted by molar-refractivity contribution is -0.116. The fraction of sp³-hybridized carbons (Fsp3) is 0.348. The number of halogens is 1. The van der Waals surface area contributed by atoms with Crippen LogP contribution in [-0.4, -0.2) is 27.9 Å². The first kappa shape index (κ1) is 21.9. The molecule has 5 nitrogen and oxygen atoms in total. The highest BCUT2D eigenvalue weighted by atomic mass is 32.1. The third kappa shape index (κ3) is 5.86. The summed E-state index contributed by atoms with van der Waals surface area (Å²) >= 11 is 1.35. The van der Waals surface area contributed by atoms with E-state index in [1.54, 1.807) is 18.2 Å². The predicted octanol–water partition coefficient (Wildman–Crippen LogP) is 5.21. The van der Waals surface area contributed by atoms with Gasteiger partial charge in [-0.3, -0.25) is 4.79 Å². The fourth-order valence-electron chi connectivity index (χ4n) is 3.04. The Hall–Kier alpha value is -2.80. The molecule has 2 aromatic carbocycles. The average molecular weight is 427 g/mol. The molecule has 0 unspecified atom stereocenters.